The standard InChI is InChI=1S/4C19H14N4O3S.C2H4O2/c4*1-11-21-22-19(27-11)23-15(12-5-3-2-4-6-12)14(17(25)18(23)26)16(24)13-7-9-20-10-8-13;1-2(3)4/h4*2-10,15,24H,1H3;1H3,(H,3,4). The predicted molar refractivity (Wildman–Crippen MR) is 414 cm³/mol. The van der Waals surface area contributed by atoms with Crippen LogP contribution < -0.4 is 19.6 Å². The van der Waals surface area contributed by atoms with Crippen molar-refractivity contribution >= 4 is 142 Å². The average molecular weight is 1570 g/mol. The minimum atomic E-state index is -0.833. The number of carbonyl (C=O) groups is 9. The molecule has 560 valence electrons. The van der Waals surface area contributed by atoms with E-state index in [0.29, 0.717) is 85.1 Å². The number of amides is 4. The first-order valence-corrected chi connectivity index (χ1v) is 36.8. The fourth-order valence-corrected chi connectivity index (χ4v) is 15.0. The number of aliphatic hydroxyl groups is 4. The number of ketones is 4. The van der Waals surface area contributed by atoms with Gasteiger partial charge in [-0.25, -0.2) is 0 Å². The molecule has 0 bridgehead atoms. The second-order valence-electron chi connectivity index (χ2n) is 24.2. The Hall–Kier alpha value is -14.1. The number of hydrogen-bond donors (Lipinski definition) is 5. The van der Waals surface area contributed by atoms with E-state index >= 15 is 0 Å². The molecule has 0 radical (unpaired) electrons. The number of carboxylic acid groups (broad SMARTS) is 1. The van der Waals surface area contributed by atoms with Crippen LogP contribution in [0.5, 0.6) is 0 Å². The van der Waals surface area contributed by atoms with Crippen molar-refractivity contribution in [3.05, 3.63) is 306 Å². The van der Waals surface area contributed by atoms with Crippen molar-refractivity contribution in [1.29, 1.82) is 0 Å². The van der Waals surface area contributed by atoms with Crippen molar-refractivity contribution in [2.75, 3.05) is 19.6 Å². The number of carbonyl (C=O) groups excluding carboxylic acids is 8. The Labute approximate surface area is 651 Å². The molecule has 112 heavy (non-hydrogen) atoms. The molecule has 0 spiro atoms. The molecular formula is C78H60N16O14S4. The van der Waals surface area contributed by atoms with Gasteiger partial charge in [0.1, 0.15) is 43.1 Å². The normalized spacial score (nSPS) is 18.4. The number of aromatic nitrogens is 12. The third kappa shape index (κ3) is 16.3. The summed E-state index contributed by atoms with van der Waals surface area (Å²) in [4.78, 5) is 132. The van der Waals surface area contributed by atoms with Gasteiger partial charge in [0.2, 0.25) is 20.5 Å². The van der Waals surface area contributed by atoms with E-state index in [1.54, 1.807) is 125 Å². The summed E-state index contributed by atoms with van der Waals surface area (Å²) in [6.07, 6.45) is 12.1. The monoisotopic (exact) mass is 1570 g/mol. The Morgan fingerprint density at radius 3 is 0.607 bits per heavy atom. The number of carboxylic acids is 1. The van der Waals surface area contributed by atoms with Crippen LogP contribution in [-0.2, 0) is 43.2 Å². The lowest BCUT2D eigenvalue weighted by Gasteiger charge is -2.22. The van der Waals surface area contributed by atoms with E-state index in [-0.39, 0.29) is 45.3 Å². The summed E-state index contributed by atoms with van der Waals surface area (Å²) >= 11 is 4.86. The molecule has 4 aliphatic heterocycles. The first-order valence-electron chi connectivity index (χ1n) is 33.5. The molecule has 4 aromatic carbocycles. The molecule has 12 aromatic rings. The lowest BCUT2D eigenvalue weighted by atomic mass is 9.96. The fourth-order valence-electron chi connectivity index (χ4n) is 12.1. The van der Waals surface area contributed by atoms with Gasteiger partial charge in [-0.2, -0.15) is 0 Å². The smallest absolute Gasteiger partial charge is 0.301 e. The third-order valence-corrected chi connectivity index (χ3v) is 20.3. The summed E-state index contributed by atoms with van der Waals surface area (Å²) in [6.45, 7) is 8.16. The van der Waals surface area contributed by atoms with Crippen LogP contribution >= 0.6 is 45.3 Å². The highest BCUT2D eigenvalue weighted by Gasteiger charge is 2.52. The van der Waals surface area contributed by atoms with Gasteiger partial charge in [0.25, 0.3) is 29.1 Å². The molecule has 4 saturated heterocycles. The van der Waals surface area contributed by atoms with E-state index in [4.69, 9.17) is 9.90 Å². The zero-order chi connectivity index (χ0) is 79.4. The number of pyridine rings is 4. The van der Waals surface area contributed by atoms with Gasteiger partial charge < -0.3 is 25.5 Å². The van der Waals surface area contributed by atoms with Gasteiger partial charge in [-0.1, -0.05) is 167 Å². The van der Waals surface area contributed by atoms with Crippen LogP contribution in [0, 0.1) is 27.7 Å². The van der Waals surface area contributed by atoms with E-state index in [0.717, 1.165) is 6.92 Å². The van der Waals surface area contributed by atoms with E-state index in [9.17, 15) is 58.8 Å². The van der Waals surface area contributed by atoms with Crippen LogP contribution in [0.15, 0.2) is 242 Å². The van der Waals surface area contributed by atoms with Gasteiger partial charge in [-0.3, -0.25) is 82.7 Å². The number of Topliss-reactive ketones (excluding diaryl/α,β-unsaturated/α-hetero) is 4. The zero-order valence-electron chi connectivity index (χ0n) is 59.3. The lowest BCUT2D eigenvalue weighted by Crippen LogP contribution is -2.29. The third-order valence-electron chi connectivity index (χ3n) is 16.9. The number of aryl methyl sites for hydroxylation is 4. The first-order chi connectivity index (χ1) is 54.0. The molecule has 4 amide bonds. The molecule has 30 nitrogen and oxygen atoms in total. The van der Waals surface area contributed by atoms with E-state index in [1.165, 1.54) is 115 Å². The Morgan fingerprint density at radius 2 is 0.455 bits per heavy atom. The summed E-state index contributed by atoms with van der Waals surface area (Å²) in [5, 5.41) is 86.6. The van der Waals surface area contributed by atoms with E-state index in [1.807, 2.05) is 72.8 Å². The Morgan fingerprint density at radius 1 is 0.286 bits per heavy atom. The predicted octanol–water partition coefficient (Wildman–Crippen LogP) is 11.6. The van der Waals surface area contributed by atoms with Crippen LogP contribution in [0.25, 0.3) is 23.0 Å². The van der Waals surface area contributed by atoms with Crippen molar-refractivity contribution in [3.8, 4) is 0 Å². The highest BCUT2D eigenvalue weighted by atomic mass is 32.1. The maximum absolute atomic E-state index is 12.8. The number of aliphatic carboxylic acids is 1. The first kappa shape index (κ1) is 77.5. The summed E-state index contributed by atoms with van der Waals surface area (Å²) in [5.41, 5.74) is 4.51. The summed E-state index contributed by atoms with van der Waals surface area (Å²) in [7, 11) is 0. The average Bonchev–Trinajstić information content (AvgIpc) is 1.62. The van der Waals surface area contributed by atoms with Crippen molar-refractivity contribution in [1.82, 2.24) is 60.7 Å². The largest absolute Gasteiger partial charge is 0.507 e. The molecule has 4 fully saturated rings. The Kier molecular flexibility index (Phi) is 23.8. The van der Waals surface area contributed by atoms with Crippen molar-refractivity contribution in [3.63, 3.8) is 0 Å². The number of anilines is 4. The molecule has 8 aromatic heterocycles. The minimum absolute atomic E-state index is 0.0188. The number of aliphatic hydroxyl groups excluding tert-OH is 4. The van der Waals surface area contributed by atoms with Crippen LogP contribution in [0.4, 0.5) is 20.5 Å². The number of hydrogen-bond acceptors (Lipinski definition) is 29. The Balaban J connectivity index is 0.000000136. The molecular weight excluding hydrogens is 1510 g/mol. The molecule has 5 N–H and O–H groups in total. The molecule has 4 atom stereocenters. The van der Waals surface area contributed by atoms with Crippen molar-refractivity contribution in [2.45, 2.75) is 58.8 Å². The Bertz CT molecular complexity index is 4990. The number of rotatable bonds is 12. The van der Waals surface area contributed by atoms with E-state index in [2.05, 4.69) is 60.7 Å². The zero-order valence-corrected chi connectivity index (χ0v) is 62.6. The quantitative estimate of drug-likeness (QED) is 0.0431. The second-order valence-corrected chi connectivity index (χ2v) is 28.8. The molecule has 34 heteroatoms. The van der Waals surface area contributed by atoms with Crippen LogP contribution in [-0.4, -0.2) is 139 Å². The maximum Gasteiger partial charge on any atom is 0.301 e. The second kappa shape index (κ2) is 34.4. The van der Waals surface area contributed by atoms with E-state index < -0.39 is 76.9 Å². The van der Waals surface area contributed by atoms with Crippen LogP contribution in [0.2, 0.25) is 0 Å². The minimum Gasteiger partial charge on any atom is -0.507 e. The fraction of sp³-hybridized carbons (Fsp3) is 0.115. The van der Waals surface area contributed by atoms with Gasteiger partial charge in [0.15, 0.2) is 0 Å². The topological polar surface area (TPSA) is 422 Å². The number of benzene rings is 4. The summed E-state index contributed by atoms with van der Waals surface area (Å²) in [6, 6.07) is 45.8. The molecule has 4 unspecified atom stereocenters. The SMILES string of the molecule is CC(=O)O.Cc1nnc(N2C(=O)C(=O)C(=C(O)c3ccncc3)C2c2ccccc2)s1.Cc1nnc(N2C(=O)C(=O)C(=C(O)c3ccncc3)C2c2ccccc2)s1.Cc1nnc(N2C(=O)C(=O)C(=C(O)c3ccncc3)C2c2ccccc2)s1.Cc1nnc(N2C(=O)C(=O)C(=C(O)c3ccncc3)C2c2ccccc2)s1. The maximum atomic E-state index is 12.8. The van der Waals surface area contributed by atoms with Gasteiger partial charge in [-0.05, 0) is 98.5 Å². The van der Waals surface area contributed by atoms with Crippen LogP contribution in [0.1, 0.15) is 95.6 Å². The molecule has 16 rings (SSSR count). The van der Waals surface area contributed by atoms with Gasteiger partial charge in [-0.15, -0.1) is 40.8 Å². The highest BCUT2D eigenvalue weighted by molar-refractivity contribution is 7.16. The van der Waals surface area contributed by atoms with Crippen molar-refractivity contribution < 1.29 is 68.7 Å². The van der Waals surface area contributed by atoms with Gasteiger partial charge in [0, 0.05) is 78.8 Å². The summed E-state index contributed by atoms with van der Waals surface area (Å²) < 4.78 is 0. The molecule has 4 aliphatic rings. The van der Waals surface area contributed by atoms with Gasteiger partial charge >= 0.3 is 23.6 Å². The van der Waals surface area contributed by atoms with Gasteiger partial charge in [0.05, 0.1) is 46.5 Å². The summed E-state index contributed by atoms with van der Waals surface area (Å²) in [5.74, 6) is -7.80. The number of nitrogens with zero attached hydrogens (tertiary/aromatic N) is 16. The highest BCUT2D eigenvalue weighted by Crippen LogP contribution is 2.47. The van der Waals surface area contributed by atoms with Crippen LogP contribution in [0.3, 0.4) is 0 Å². The van der Waals surface area contributed by atoms with Crippen molar-refractivity contribution in [2.24, 2.45) is 0 Å². The molecule has 12 heterocycles. The molecule has 0 saturated carbocycles. The lowest BCUT2D eigenvalue weighted by molar-refractivity contribution is -0.134. The molecule has 0 aliphatic carbocycles.